The third kappa shape index (κ3) is 1.42. The first-order valence-corrected chi connectivity index (χ1v) is 4.10. The summed E-state index contributed by atoms with van der Waals surface area (Å²) >= 11 is 0. The van der Waals surface area contributed by atoms with Gasteiger partial charge in [-0.3, -0.25) is 0 Å². The summed E-state index contributed by atoms with van der Waals surface area (Å²) in [6.45, 7) is 1.32. The Kier molecular flexibility index (Phi) is 1.98. The van der Waals surface area contributed by atoms with Crippen molar-refractivity contribution in [3.63, 3.8) is 0 Å². The van der Waals surface area contributed by atoms with Crippen molar-refractivity contribution in [3.8, 4) is 0 Å². The third-order valence-electron chi connectivity index (χ3n) is 1.98. The fraction of sp³-hybridized carbons (Fsp3) is 0.333. The maximum Gasteiger partial charge on any atom is 0.0873 e. The van der Waals surface area contributed by atoms with Crippen LogP contribution in [0, 0.1) is 0 Å². The van der Waals surface area contributed by atoms with Crippen molar-refractivity contribution in [3.05, 3.63) is 30.3 Å². The number of nitrogens with zero attached hydrogens (tertiary/aromatic N) is 1. The van der Waals surface area contributed by atoms with Crippen LogP contribution in [0.4, 0.5) is 5.69 Å². The van der Waals surface area contributed by atoms with Crippen LogP contribution in [-0.4, -0.2) is 24.3 Å². The molecule has 0 spiro atoms. The molecular formula is C9H12N2O. The van der Waals surface area contributed by atoms with Crippen molar-refractivity contribution in [2.45, 2.75) is 6.10 Å². The molecule has 1 aromatic carbocycles. The zero-order chi connectivity index (χ0) is 8.39. The van der Waals surface area contributed by atoms with Crippen molar-refractivity contribution in [1.82, 2.24) is 5.43 Å². The average molecular weight is 164 g/mol. The summed E-state index contributed by atoms with van der Waals surface area (Å²) in [6.07, 6.45) is -0.245. The van der Waals surface area contributed by atoms with Crippen LogP contribution in [0.1, 0.15) is 0 Å². The van der Waals surface area contributed by atoms with Gasteiger partial charge in [-0.2, -0.15) is 0 Å². The Balaban J connectivity index is 2.11. The van der Waals surface area contributed by atoms with E-state index in [2.05, 4.69) is 5.43 Å². The topological polar surface area (TPSA) is 35.5 Å². The molecule has 0 saturated carbocycles. The van der Waals surface area contributed by atoms with Gasteiger partial charge in [-0.1, -0.05) is 18.2 Å². The number of nitrogens with one attached hydrogen (secondary N) is 1. The molecule has 1 aliphatic heterocycles. The average Bonchev–Trinajstić information content (AvgIpc) is 2.54. The molecular weight excluding hydrogens is 152 g/mol. The molecule has 3 heteroatoms. The molecule has 0 bridgehead atoms. The lowest BCUT2D eigenvalue weighted by molar-refractivity contribution is 0.208. The number of rotatable bonds is 1. The Bertz CT molecular complexity index is 250. The van der Waals surface area contributed by atoms with E-state index in [1.165, 1.54) is 0 Å². The second-order valence-corrected chi connectivity index (χ2v) is 2.96. The summed E-state index contributed by atoms with van der Waals surface area (Å²) in [7, 11) is 0. The largest absolute Gasteiger partial charge is 0.390 e. The number of hydrazine groups is 1. The van der Waals surface area contributed by atoms with Crippen LogP contribution in [0.25, 0.3) is 0 Å². The Labute approximate surface area is 71.6 Å². The first kappa shape index (κ1) is 7.58. The van der Waals surface area contributed by atoms with Crippen molar-refractivity contribution in [2.24, 2.45) is 0 Å². The Morgan fingerprint density at radius 1 is 1.33 bits per heavy atom. The lowest BCUT2D eigenvalue weighted by Gasteiger charge is -2.16. The first-order valence-electron chi connectivity index (χ1n) is 4.10. The van der Waals surface area contributed by atoms with Crippen molar-refractivity contribution in [1.29, 1.82) is 0 Å². The molecule has 1 saturated heterocycles. The molecule has 1 aromatic rings. The van der Waals surface area contributed by atoms with E-state index in [4.69, 9.17) is 0 Å². The van der Waals surface area contributed by atoms with Gasteiger partial charge in [-0.25, -0.2) is 5.43 Å². The predicted octanol–water partition coefficient (Wildman–Crippen LogP) is 0.372. The summed E-state index contributed by atoms with van der Waals surface area (Å²) < 4.78 is 0. The summed E-state index contributed by atoms with van der Waals surface area (Å²) in [5.41, 5.74) is 4.21. The van der Waals surface area contributed by atoms with E-state index < -0.39 is 0 Å². The van der Waals surface area contributed by atoms with Crippen LogP contribution in [0.15, 0.2) is 30.3 Å². The number of hydrogen-bond acceptors (Lipinski definition) is 3. The number of hydrogen-bond donors (Lipinski definition) is 2. The zero-order valence-corrected chi connectivity index (χ0v) is 6.77. The van der Waals surface area contributed by atoms with Crippen LogP contribution in [0.2, 0.25) is 0 Å². The minimum absolute atomic E-state index is 0.245. The molecule has 2 N–H and O–H groups in total. The van der Waals surface area contributed by atoms with Gasteiger partial charge in [0.1, 0.15) is 0 Å². The molecule has 0 radical (unpaired) electrons. The third-order valence-corrected chi connectivity index (χ3v) is 1.98. The molecule has 1 aliphatic rings. The molecule has 3 nitrogen and oxygen atoms in total. The van der Waals surface area contributed by atoms with Gasteiger partial charge in [-0.15, -0.1) is 0 Å². The molecule has 2 rings (SSSR count). The van der Waals surface area contributed by atoms with E-state index >= 15 is 0 Å². The van der Waals surface area contributed by atoms with Gasteiger partial charge >= 0.3 is 0 Å². The summed E-state index contributed by atoms with van der Waals surface area (Å²) in [4.78, 5) is 0. The smallest absolute Gasteiger partial charge is 0.0873 e. The second kappa shape index (κ2) is 3.13. The molecule has 1 fully saturated rings. The summed E-state index contributed by atoms with van der Waals surface area (Å²) in [5.74, 6) is 0. The molecule has 1 heterocycles. The SMILES string of the molecule is OC1CNN(c2ccccc2)C1. The van der Waals surface area contributed by atoms with Crippen molar-refractivity contribution >= 4 is 5.69 Å². The van der Waals surface area contributed by atoms with Crippen LogP contribution >= 0.6 is 0 Å². The lowest BCUT2D eigenvalue weighted by atomic mass is 10.3. The highest BCUT2D eigenvalue weighted by molar-refractivity contribution is 5.45. The highest BCUT2D eigenvalue weighted by Gasteiger charge is 2.19. The molecule has 64 valence electrons. The molecule has 0 amide bonds. The minimum atomic E-state index is -0.245. The number of benzene rings is 1. The molecule has 12 heavy (non-hydrogen) atoms. The van der Waals surface area contributed by atoms with Crippen LogP contribution in [0.5, 0.6) is 0 Å². The van der Waals surface area contributed by atoms with E-state index in [1.807, 2.05) is 35.3 Å². The van der Waals surface area contributed by atoms with Crippen LogP contribution in [0.3, 0.4) is 0 Å². The maximum atomic E-state index is 9.26. The summed E-state index contributed by atoms with van der Waals surface area (Å²) in [5, 5.41) is 11.2. The fourth-order valence-corrected chi connectivity index (χ4v) is 1.36. The molecule has 1 atom stereocenters. The van der Waals surface area contributed by atoms with Crippen molar-refractivity contribution < 1.29 is 5.11 Å². The Morgan fingerprint density at radius 3 is 2.67 bits per heavy atom. The highest BCUT2D eigenvalue weighted by atomic mass is 16.3. The lowest BCUT2D eigenvalue weighted by Crippen LogP contribution is -2.30. The number of aliphatic hydroxyl groups excluding tert-OH is 1. The number of para-hydroxylation sites is 1. The van der Waals surface area contributed by atoms with Gasteiger partial charge in [0.05, 0.1) is 18.3 Å². The maximum absolute atomic E-state index is 9.26. The predicted molar refractivity (Wildman–Crippen MR) is 47.8 cm³/mol. The molecule has 0 aromatic heterocycles. The highest BCUT2D eigenvalue weighted by Crippen LogP contribution is 2.13. The fourth-order valence-electron chi connectivity index (χ4n) is 1.36. The number of anilines is 1. The van der Waals surface area contributed by atoms with Gasteiger partial charge in [-0.05, 0) is 12.1 Å². The minimum Gasteiger partial charge on any atom is -0.390 e. The Hall–Kier alpha value is -1.06. The first-order chi connectivity index (χ1) is 5.86. The van der Waals surface area contributed by atoms with Gasteiger partial charge in [0.25, 0.3) is 0 Å². The van der Waals surface area contributed by atoms with E-state index in [0.29, 0.717) is 13.1 Å². The van der Waals surface area contributed by atoms with Gasteiger partial charge in [0, 0.05) is 6.54 Å². The normalized spacial score (nSPS) is 23.1. The van der Waals surface area contributed by atoms with Crippen LogP contribution in [-0.2, 0) is 0 Å². The van der Waals surface area contributed by atoms with E-state index in [-0.39, 0.29) is 6.10 Å². The van der Waals surface area contributed by atoms with Gasteiger partial charge < -0.3 is 10.1 Å². The van der Waals surface area contributed by atoms with Crippen molar-refractivity contribution in [2.75, 3.05) is 18.1 Å². The van der Waals surface area contributed by atoms with Crippen LogP contribution < -0.4 is 10.4 Å². The standard InChI is InChI=1S/C9H12N2O/c12-9-6-10-11(7-9)8-4-2-1-3-5-8/h1-5,9-10,12H,6-7H2. The van der Waals surface area contributed by atoms with E-state index in [0.717, 1.165) is 5.69 Å². The quantitative estimate of drug-likeness (QED) is 0.629. The number of β-amino-alcohol motifs (C(OH)–C–C–N with tert-alkyl or cyclic N) is 1. The summed E-state index contributed by atoms with van der Waals surface area (Å²) in [6, 6.07) is 10.00. The zero-order valence-electron chi connectivity index (χ0n) is 6.77. The number of aliphatic hydroxyl groups is 1. The van der Waals surface area contributed by atoms with Gasteiger partial charge in [0.2, 0.25) is 0 Å². The van der Waals surface area contributed by atoms with E-state index in [9.17, 15) is 5.11 Å². The Morgan fingerprint density at radius 2 is 2.08 bits per heavy atom. The van der Waals surface area contributed by atoms with Gasteiger partial charge in [0.15, 0.2) is 0 Å². The monoisotopic (exact) mass is 164 g/mol. The molecule has 0 aliphatic carbocycles. The second-order valence-electron chi connectivity index (χ2n) is 2.96. The molecule has 1 unspecified atom stereocenters. The van der Waals surface area contributed by atoms with E-state index in [1.54, 1.807) is 0 Å².